The molecule has 1 aromatic carbocycles. The first kappa shape index (κ1) is 21.2. The highest BCUT2D eigenvalue weighted by atomic mass is 79.9. The van der Waals surface area contributed by atoms with Crippen molar-refractivity contribution in [3.63, 3.8) is 0 Å². The molecule has 0 unspecified atom stereocenters. The number of anilines is 3. The Morgan fingerprint density at radius 2 is 1.76 bits per heavy atom. The second kappa shape index (κ2) is 9.33. The lowest BCUT2D eigenvalue weighted by Gasteiger charge is -2.21. The van der Waals surface area contributed by atoms with Crippen LogP contribution in [0, 0.1) is 19.8 Å². The van der Waals surface area contributed by atoms with Crippen molar-refractivity contribution >= 4 is 33.4 Å². The van der Waals surface area contributed by atoms with Gasteiger partial charge in [0.2, 0.25) is 5.95 Å². The highest BCUT2D eigenvalue weighted by Crippen LogP contribution is 2.29. The molecule has 0 spiro atoms. The van der Waals surface area contributed by atoms with E-state index in [1.807, 2.05) is 38.1 Å². The quantitative estimate of drug-likeness (QED) is 0.460. The predicted molar refractivity (Wildman–Crippen MR) is 121 cm³/mol. The molecule has 6 nitrogen and oxygen atoms in total. The van der Waals surface area contributed by atoms with Crippen molar-refractivity contribution in [1.29, 1.82) is 0 Å². The third kappa shape index (κ3) is 5.31. The predicted octanol–water partition coefficient (Wildman–Crippen LogP) is 5.09. The molecule has 0 radical (unpaired) electrons. The maximum Gasteiger partial charge on any atom is 0.225 e. The first-order valence-electron chi connectivity index (χ1n) is 9.59. The molecular weight excluding hydrogens is 430 g/mol. The van der Waals surface area contributed by atoms with Crippen LogP contribution in [0.1, 0.15) is 25.0 Å². The van der Waals surface area contributed by atoms with Crippen molar-refractivity contribution in [1.82, 2.24) is 15.0 Å². The number of aliphatic hydroxyl groups is 1. The number of benzene rings is 1. The van der Waals surface area contributed by atoms with Crippen LogP contribution in [-0.2, 0) is 0 Å². The van der Waals surface area contributed by atoms with E-state index in [4.69, 9.17) is 0 Å². The average molecular weight is 456 g/mol. The van der Waals surface area contributed by atoms with Gasteiger partial charge in [0, 0.05) is 22.4 Å². The molecule has 2 heterocycles. The fraction of sp³-hybridized carbons (Fsp3) is 0.318. The minimum Gasteiger partial charge on any atom is -0.394 e. The van der Waals surface area contributed by atoms with Crippen LogP contribution in [0.3, 0.4) is 0 Å². The zero-order chi connectivity index (χ0) is 21.0. The molecule has 7 heteroatoms. The SMILES string of the molecule is Cc1cc(Br)cc(C)c1Nc1cc(-c2ccccn2)nc(N[C@H](CO)C(C)C)n1. The summed E-state index contributed by atoms with van der Waals surface area (Å²) in [4.78, 5) is 13.7. The summed E-state index contributed by atoms with van der Waals surface area (Å²) in [5.41, 5.74) is 4.70. The van der Waals surface area contributed by atoms with E-state index in [2.05, 4.69) is 67.5 Å². The molecule has 1 atom stereocenters. The Morgan fingerprint density at radius 3 is 2.34 bits per heavy atom. The Labute approximate surface area is 180 Å². The molecule has 3 aromatic rings. The van der Waals surface area contributed by atoms with Crippen molar-refractivity contribution in [3.8, 4) is 11.4 Å². The fourth-order valence-electron chi connectivity index (χ4n) is 3.05. The second-order valence-electron chi connectivity index (χ2n) is 7.39. The number of aryl methyl sites for hydroxylation is 2. The monoisotopic (exact) mass is 455 g/mol. The number of aliphatic hydroxyl groups excluding tert-OH is 1. The number of nitrogens with one attached hydrogen (secondary N) is 2. The summed E-state index contributed by atoms with van der Waals surface area (Å²) in [6.45, 7) is 8.21. The van der Waals surface area contributed by atoms with Crippen molar-refractivity contribution in [2.75, 3.05) is 17.2 Å². The number of aromatic nitrogens is 3. The summed E-state index contributed by atoms with van der Waals surface area (Å²) in [7, 11) is 0. The Hall–Kier alpha value is -2.51. The van der Waals surface area contributed by atoms with Gasteiger partial charge in [-0.2, -0.15) is 4.98 Å². The van der Waals surface area contributed by atoms with E-state index in [0.717, 1.165) is 27.0 Å². The zero-order valence-electron chi connectivity index (χ0n) is 17.1. The van der Waals surface area contributed by atoms with Gasteiger partial charge in [0.15, 0.2) is 0 Å². The molecule has 3 rings (SSSR count). The lowest BCUT2D eigenvalue weighted by atomic mass is 10.1. The van der Waals surface area contributed by atoms with Crippen LogP contribution in [0.2, 0.25) is 0 Å². The molecule has 0 aliphatic rings. The van der Waals surface area contributed by atoms with Gasteiger partial charge in [0.1, 0.15) is 5.82 Å². The highest BCUT2D eigenvalue weighted by Gasteiger charge is 2.16. The molecule has 0 aliphatic heterocycles. The van der Waals surface area contributed by atoms with Crippen molar-refractivity contribution in [2.24, 2.45) is 5.92 Å². The van der Waals surface area contributed by atoms with E-state index in [0.29, 0.717) is 17.5 Å². The minimum absolute atomic E-state index is 0.00251. The summed E-state index contributed by atoms with van der Waals surface area (Å²) < 4.78 is 1.04. The van der Waals surface area contributed by atoms with E-state index >= 15 is 0 Å². The Kier molecular flexibility index (Phi) is 6.82. The molecular formula is C22H26BrN5O. The van der Waals surface area contributed by atoms with Crippen LogP contribution in [0.25, 0.3) is 11.4 Å². The standard InChI is InChI=1S/C22H26BrN5O/c1-13(2)19(12-29)26-22-25-18(17-7-5-6-8-24-17)11-20(28-22)27-21-14(3)9-16(23)10-15(21)4/h5-11,13,19,29H,12H2,1-4H3,(H2,25,26,27,28)/t19-/m1/s1. The molecule has 0 bridgehead atoms. The van der Waals surface area contributed by atoms with Crippen LogP contribution < -0.4 is 10.6 Å². The van der Waals surface area contributed by atoms with Crippen LogP contribution >= 0.6 is 15.9 Å². The minimum atomic E-state index is -0.141. The maximum absolute atomic E-state index is 9.70. The van der Waals surface area contributed by atoms with Gasteiger partial charge in [-0.1, -0.05) is 35.8 Å². The third-order valence-electron chi connectivity index (χ3n) is 4.72. The average Bonchev–Trinajstić information content (AvgIpc) is 2.69. The Morgan fingerprint density at radius 1 is 1.03 bits per heavy atom. The number of nitrogens with zero attached hydrogens (tertiary/aromatic N) is 3. The largest absolute Gasteiger partial charge is 0.394 e. The van der Waals surface area contributed by atoms with Gasteiger partial charge in [-0.25, -0.2) is 4.98 Å². The molecule has 29 heavy (non-hydrogen) atoms. The normalized spacial score (nSPS) is 12.1. The smallest absolute Gasteiger partial charge is 0.225 e. The van der Waals surface area contributed by atoms with Crippen molar-refractivity contribution in [2.45, 2.75) is 33.7 Å². The second-order valence-corrected chi connectivity index (χ2v) is 8.31. The highest BCUT2D eigenvalue weighted by molar-refractivity contribution is 9.10. The number of pyridine rings is 1. The van der Waals surface area contributed by atoms with E-state index in [-0.39, 0.29) is 18.6 Å². The summed E-state index contributed by atoms with van der Waals surface area (Å²) in [6, 6.07) is 11.6. The van der Waals surface area contributed by atoms with Crippen LogP contribution in [-0.4, -0.2) is 32.7 Å². The zero-order valence-corrected chi connectivity index (χ0v) is 18.7. The van der Waals surface area contributed by atoms with Gasteiger partial charge in [0.05, 0.1) is 24.0 Å². The number of hydrogen-bond donors (Lipinski definition) is 3. The van der Waals surface area contributed by atoms with Gasteiger partial charge in [-0.3, -0.25) is 4.98 Å². The van der Waals surface area contributed by atoms with E-state index < -0.39 is 0 Å². The summed E-state index contributed by atoms with van der Waals surface area (Å²) >= 11 is 3.54. The van der Waals surface area contributed by atoms with Gasteiger partial charge in [0.25, 0.3) is 0 Å². The summed E-state index contributed by atoms with van der Waals surface area (Å²) in [6.07, 6.45) is 1.74. The van der Waals surface area contributed by atoms with Crippen LogP contribution in [0.15, 0.2) is 47.1 Å². The van der Waals surface area contributed by atoms with Gasteiger partial charge in [-0.05, 0) is 55.2 Å². The number of rotatable bonds is 7. The number of halogens is 1. The lowest BCUT2D eigenvalue weighted by molar-refractivity contribution is 0.248. The van der Waals surface area contributed by atoms with E-state index in [1.54, 1.807) is 6.20 Å². The maximum atomic E-state index is 9.70. The molecule has 0 fully saturated rings. The van der Waals surface area contributed by atoms with E-state index in [1.165, 1.54) is 0 Å². The first-order valence-corrected chi connectivity index (χ1v) is 10.4. The molecule has 3 N–H and O–H groups in total. The van der Waals surface area contributed by atoms with E-state index in [9.17, 15) is 5.11 Å². The molecule has 0 amide bonds. The van der Waals surface area contributed by atoms with Crippen molar-refractivity contribution in [3.05, 3.63) is 58.2 Å². The van der Waals surface area contributed by atoms with Crippen LogP contribution in [0.4, 0.5) is 17.5 Å². The Balaban J connectivity index is 2.03. The molecule has 0 saturated heterocycles. The number of hydrogen-bond acceptors (Lipinski definition) is 6. The van der Waals surface area contributed by atoms with Gasteiger partial charge >= 0.3 is 0 Å². The summed E-state index contributed by atoms with van der Waals surface area (Å²) in [5, 5.41) is 16.4. The van der Waals surface area contributed by atoms with Gasteiger partial charge in [-0.15, -0.1) is 0 Å². The molecule has 0 saturated carbocycles. The molecule has 0 aliphatic carbocycles. The first-order chi connectivity index (χ1) is 13.9. The lowest BCUT2D eigenvalue weighted by Crippen LogP contribution is -2.30. The topological polar surface area (TPSA) is 83.0 Å². The summed E-state index contributed by atoms with van der Waals surface area (Å²) in [5.74, 6) is 1.35. The molecule has 152 valence electrons. The van der Waals surface area contributed by atoms with Crippen molar-refractivity contribution < 1.29 is 5.11 Å². The third-order valence-corrected chi connectivity index (χ3v) is 5.18. The fourth-order valence-corrected chi connectivity index (χ4v) is 3.73. The molecule has 2 aromatic heterocycles. The van der Waals surface area contributed by atoms with Crippen LogP contribution in [0.5, 0.6) is 0 Å². The van der Waals surface area contributed by atoms with Gasteiger partial charge < -0.3 is 15.7 Å². The Bertz CT molecular complexity index is 955.